The topological polar surface area (TPSA) is 78.6 Å². The Hall–Kier alpha value is -2.71. The number of anilines is 1. The molecule has 1 aromatic carbocycles. The number of guanidine groups is 1. The SMILES string of the molecule is CCNC(=NCc1nc(C)no1)NC1CCN(c2c(F)cccc2F)C1. The molecule has 1 saturated heterocycles. The average Bonchev–Trinajstić information content (AvgIpc) is 3.22. The zero-order valence-corrected chi connectivity index (χ0v) is 14.8. The van der Waals surface area contributed by atoms with E-state index in [1.807, 2.05) is 6.92 Å². The first-order valence-electron chi connectivity index (χ1n) is 8.59. The van der Waals surface area contributed by atoms with Crippen LogP contribution < -0.4 is 15.5 Å². The molecule has 26 heavy (non-hydrogen) atoms. The van der Waals surface area contributed by atoms with Crippen molar-refractivity contribution in [3.05, 3.63) is 41.5 Å². The van der Waals surface area contributed by atoms with Gasteiger partial charge in [-0.15, -0.1) is 0 Å². The van der Waals surface area contributed by atoms with Crippen molar-refractivity contribution in [3.63, 3.8) is 0 Å². The predicted molar refractivity (Wildman–Crippen MR) is 94.0 cm³/mol. The molecule has 9 heteroatoms. The molecule has 0 bridgehead atoms. The van der Waals surface area contributed by atoms with Gasteiger partial charge in [0.05, 0.1) is 0 Å². The van der Waals surface area contributed by atoms with E-state index in [4.69, 9.17) is 4.52 Å². The third-order valence-corrected chi connectivity index (χ3v) is 4.07. The van der Waals surface area contributed by atoms with Crippen LogP contribution in [-0.4, -0.2) is 41.8 Å². The van der Waals surface area contributed by atoms with E-state index < -0.39 is 11.6 Å². The van der Waals surface area contributed by atoms with Crippen molar-refractivity contribution in [2.24, 2.45) is 4.99 Å². The summed E-state index contributed by atoms with van der Waals surface area (Å²) < 4.78 is 33.0. The zero-order chi connectivity index (χ0) is 18.5. The summed E-state index contributed by atoms with van der Waals surface area (Å²) in [5.41, 5.74) is 0.0278. The molecule has 2 heterocycles. The number of halogens is 2. The molecule has 1 atom stereocenters. The van der Waals surface area contributed by atoms with Crippen LogP contribution >= 0.6 is 0 Å². The molecule has 1 aliphatic rings. The smallest absolute Gasteiger partial charge is 0.248 e. The Bertz CT molecular complexity index is 758. The highest BCUT2D eigenvalue weighted by molar-refractivity contribution is 5.80. The van der Waals surface area contributed by atoms with Crippen LogP contribution in [0.2, 0.25) is 0 Å². The van der Waals surface area contributed by atoms with Gasteiger partial charge in [0.2, 0.25) is 5.89 Å². The lowest BCUT2D eigenvalue weighted by atomic mass is 10.2. The van der Waals surface area contributed by atoms with Crippen molar-refractivity contribution in [2.45, 2.75) is 32.9 Å². The minimum atomic E-state index is -0.544. The van der Waals surface area contributed by atoms with Crippen LogP contribution in [0.4, 0.5) is 14.5 Å². The summed E-state index contributed by atoms with van der Waals surface area (Å²) in [6.45, 7) is 5.71. The summed E-state index contributed by atoms with van der Waals surface area (Å²) >= 11 is 0. The molecule has 3 rings (SSSR count). The fourth-order valence-electron chi connectivity index (χ4n) is 2.94. The normalized spacial score (nSPS) is 17.6. The highest BCUT2D eigenvalue weighted by Gasteiger charge is 2.27. The fourth-order valence-corrected chi connectivity index (χ4v) is 2.94. The number of benzene rings is 1. The zero-order valence-electron chi connectivity index (χ0n) is 14.8. The number of hydrogen-bond acceptors (Lipinski definition) is 5. The first kappa shape index (κ1) is 18.1. The van der Waals surface area contributed by atoms with E-state index in [1.54, 1.807) is 11.8 Å². The van der Waals surface area contributed by atoms with Gasteiger partial charge in [0.15, 0.2) is 11.8 Å². The molecule has 2 N–H and O–H groups in total. The van der Waals surface area contributed by atoms with Gasteiger partial charge in [-0.1, -0.05) is 11.2 Å². The van der Waals surface area contributed by atoms with E-state index in [0.29, 0.717) is 37.3 Å². The minimum Gasteiger partial charge on any atom is -0.365 e. The van der Waals surface area contributed by atoms with Gasteiger partial charge in [-0.3, -0.25) is 0 Å². The summed E-state index contributed by atoms with van der Waals surface area (Å²) in [4.78, 5) is 10.3. The number of hydrogen-bond donors (Lipinski definition) is 2. The van der Waals surface area contributed by atoms with Crippen molar-refractivity contribution in [2.75, 3.05) is 24.5 Å². The molecule has 1 aromatic heterocycles. The van der Waals surface area contributed by atoms with Gasteiger partial charge in [0.1, 0.15) is 23.9 Å². The molecule has 2 aromatic rings. The van der Waals surface area contributed by atoms with Gasteiger partial charge in [-0.05, 0) is 32.4 Å². The first-order valence-corrected chi connectivity index (χ1v) is 8.59. The third-order valence-electron chi connectivity index (χ3n) is 4.07. The second-order valence-corrected chi connectivity index (χ2v) is 6.08. The Balaban J connectivity index is 1.63. The van der Waals surface area contributed by atoms with E-state index in [0.717, 1.165) is 6.42 Å². The standard InChI is InChI=1S/C17H22F2N6O/c1-3-20-17(21-9-15-22-11(2)24-26-15)23-12-7-8-25(10-12)16-13(18)5-4-6-14(16)19/h4-6,12H,3,7-10H2,1-2H3,(H2,20,21,23). The lowest BCUT2D eigenvalue weighted by molar-refractivity contribution is 0.376. The average molecular weight is 364 g/mol. The second kappa shape index (κ2) is 8.11. The molecule has 1 unspecified atom stereocenters. The largest absolute Gasteiger partial charge is 0.365 e. The number of para-hydroxylation sites is 1. The van der Waals surface area contributed by atoms with Crippen LogP contribution in [0, 0.1) is 18.6 Å². The van der Waals surface area contributed by atoms with Gasteiger partial charge in [0.25, 0.3) is 0 Å². The van der Waals surface area contributed by atoms with Crippen molar-refractivity contribution >= 4 is 11.6 Å². The van der Waals surface area contributed by atoms with Gasteiger partial charge < -0.3 is 20.1 Å². The second-order valence-electron chi connectivity index (χ2n) is 6.08. The quantitative estimate of drug-likeness (QED) is 0.624. The molecule has 0 amide bonds. The molecular formula is C17H22F2N6O. The Morgan fingerprint density at radius 2 is 2.15 bits per heavy atom. The minimum absolute atomic E-state index is 0.0243. The number of aromatic nitrogens is 2. The van der Waals surface area contributed by atoms with Gasteiger partial charge in [0, 0.05) is 25.7 Å². The molecule has 140 valence electrons. The molecule has 0 aliphatic carbocycles. The maximum absolute atomic E-state index is 14.0. The summed E-state index contributed by atoms with van der Waals surface area (Å²) in [5.74, 6) is 0.507. The molecule has 0 spiro atoms. The van der Waals surface area contributed by atoms with E-state index in [1.165, 1.54) is 18.2 Å². The maximum atomic E-state index is 14.0. The van der Waals surface area contributed by atoms with Gasteiger partial charge in [-0.25, -0.2) is 13.8 Å². The van der Waals surface area contributed by atoms with Crippen LogP contribution in [0.3, 0.4) is 0 Å². The molecule has 0 radical (unpaired) electrons. The summed E-state index contributed by atoms with van der Waals surface area (Å²) in [6.07, 6.45) is 0.748. The van der Waals surface area contributed by atoms with Crippen molar-refractivity contribution in [3.8, 4) is 0 Å². The highest BCUT2D eigenvalue weighted by atomic mass is 19.1. The molecule has 1 aliphatic heterocycles. The Kier molecular flexibility index (Phi) is 5.65. The van der Waals surface area contributed by atoms with E-state index in [9.17, 15) is 8.78 Å². The maximum Gasteiger partial charge on any atom is 0.248 e. The van der Waals surface area contributed by atoms with Gasteiger partial charge in [-0.2, -0.15) is 4.98 Å². The Morgan fingerprint density at radius 1 is 1.38 bits per heavy atom. The number of aliphatic imine (C=N–C) groups is 1. The molecule has 0 saturated carbocycles. The Labute approximate surface area is 150 Å². The monoisotopic (exact) mass is 364 g/mol. The van der Waals surface area contributed by atoms with E-state index in [-0.39, 0.29) is 18.3 Å². The van der Waals surface area contributed by atoms with Crippen LogP contribution in [0.5, 0.6) is 0 Å². The fraction of sp³-hybridized carbons (Fsp3) is 0.471. The number of rotatable bonds is 5. The van der Waals surface area contributed by atoms with Crippen LogP contribution in [-0.2, 0) is 6.54 Å². The Morgan fingerprint density at radius 3 is 2.81 bits per heavy atom. The molecule has 1 fully saturated rings. The van der Waals surface area contributed by atoms with E-state index >= 15 is 0 Å². The van der Waals surface area contributed by atoms with Crippen molar-refractivity contribution < 1.29 is 13.3 Å². The third kappa shape index (κ3) is 4.27. The van der Waals surface area contributed by atoms with Crippen molar-refractivity contribution in [1.82, 2.24) is 20.8 Å². The number of nitrogens with one attached hydrogen (secondary N) is 2. The summed E-state index contributed by atoms with van der Waals surface area (Å²) in [7, 11) is 0. The molecule has 7 nitrogen and oxygen atoms in total. The lowest BCUT2D eigenvalue weighted by Crippen LogP contribution is -2.44. The predicted octanol–water partition coefficient (Wildman–Crippen LogP) is 1.99. The van der Waals surface area contributed by atoms with E-state index in [2.05, 4.69) is 25.8 Å². The first-order chi connectivity index (χ1) is 12.6. The summed E-state index contributed by atoms with van der Waals surface area (Å²) in [5, 5.41) is 10.2. The van der Waals surface area contributed by atoms with Crippen LogP contribution in [0.25, 0.3) is 0 Å². The van der Waals surface area contributed by atoms with Crippen LogP contribution in [0.15, 0.2) is 27.7 Å². The van der Waals surface area contributed by atoms with Crippen molar-refractivity contribution in [1.29, 1.82) is 0 Å². The number of nitrogens with zero attached hydrogens (tertiary/aromatic N) is 4. The summed E-state index contributed by atoms with van der Waals surface area (Å²) in [6, 6.07) is 3.94. The van der Waals surface area contributed by atoms with Crippen LogP contribution in [0.1, 0.15) is 25.1 Å². The highest BCUT2D eigenvalue weighted by Crippen LogP contribution is 2.26. The molecular weight excluding hydrogens is 342 g/mol. The lowest BCUT2D eigenvalue weighted by Gasteiger charge is -2.21. The number of aryl methyl sites for hydroxylation is 1. The van der Waals surface area contributed by atoms with Gasteiger partial charge >= 0.3 is 0 Å².